The largest absolute Gasteiger partial charge is 0.444 e. The van der Waals surface area contributed by atoms with Crippen molar-refractivity contribution in [1.29, 1.82) is 0 Å². The van der Waals surface area contributed by atoms with Crippen molar-refractivity contribution in [3.63, 3.8) is 0 Å². The zero-order valence-corrected chi connectivity index (χ0v) is 17.2. The third-order valence-electron chi connectivity index (χ3n) is 3.97. The highest BCUT2D eigenvalue weighted by Gasteiger charge is 2.17. The Balaban J connectivity index is 1.70. The monoisotopic (exact) mass is 410 g/mol. The van der Waals surface area contributed by atoms with E-state index in [1.165, 1.54) is 12.1 Å². The number of ether oxygens (including phenoxy) is 1. The molecule has 0 saturated carbocycles. The van der Waals surface area contributed by atoms with Gasteiger partial charge in [0.05, 0.1) is 17.6 Å². The number of amides is 2. The first kappa shape index (κ1) is 21.0. The smallest absolute Gasteiger partial charge is 0.412 e. The summed E-state index contributed by atoms with van der Waals surface area (Å²) in [6.45, 7) is 7.15. The Morgan fingerprint density at radius 3 is 2.37 bits per heavy atom. The van der Waals surface area contributed by atoms with Gasteiger partial charge in [0, 0.05) is 17.4 Å². The first-order chi connectivity index (χ1) is 14.1. The zero-order valence-electron chi connectivity index (χ0n) is 17.2. The van der Waals surface area contributed by atoms with Gasteiger partial charge < -0.3 is 10.1 Å². The summed E-state index contributed by atoms with van der Waals surface area (Å²) < 4.78 is 21.0. The van der Waals surface area contributed by atoms with Crippen LogP contribution in [0.1, 0.15) is 36.7 Å². The molecule has 1 aromatic heterocycles. The lowest BCUT2D eigenvalue weighted by molar-refractivity contribution is 0.0635. The molecule has 0 aliphatic heterocycles. The maximum Gasteiger partial charge on any atom is 0.412 e. The van der Waals surface area contributed by atoms with E-state index in [9.17, 15) is 14.0 Å². The number of aromatic nitrogens is 2. The minimum absolute atomic E-state index is 0.0552. The molecule has 2 aromatic carbocycles. The topological polar surface area (TPSA) is 85.3 Å². The number of anilines is 2. The second-order valence-electron chi connectivity index (χ2n) is 7.78. The lowest BCUT2D eigenvalue weighted by Gasteiger charge is -2.19. The lowest BCUT2D eigenvalue weighted by atomic mass is 10.2. The molecule has 7 nitrogen and oxygen atoms in total. The van der Waals surface area contributed by atoms with Gasteiger partial charge in [0.25, 0.3) is 5.91 Å². The number of benzene rings is 2. The van der Waals surface area contributed by atoms with Crippen molar-refractivity contribution in [2.24, 2.45) is 0 Å². The van der Waals surface area contributed by atoms with Crippen molar-refractivity contribution in [3.05, 3.63) is 71.8 Å². The van der Waals surface area contributed by atoms with E-state index in [4.69, 9.17) is 4.74 Å². The van der Waals surface area contributed by atoms with E-state index in [1.807, 2.05) is 13.1 Å². The fourth-order valence-corrected chi connectivity index (χ4v) is 2.63. The molecule has 1 heterocycles. The quantitative estimate of drug-likeness (QED) is 0.639. The third kappa shape index (κ3) is 5.44. The summed E-state index contributed by atoms with van der Waals surface area (Å²) in [6, 6.07) is 10.6. The van der Waals surface area contributed by atoms with Crippen LogP contribution in [0.3, 0.4) is 0 Å². The van der Waals surface area contributed by atoms with E-state index in [-0.39, 0.29) is 5.69 Å². The average Bonchev–Trinajstić information content (AvgIpc) is 3.09. The Morgan fingerprint density at radius 2 is 1.77 bits per heavy atom. The Labute approximate surface area is 173 Å². The Hall–Kier alpha value is -3.68. The van der Waals surface area contributed by atoms with E-state index in [0.717, 1.165) is 17.3 Å². The third-order valence-corrected chi connectivity index (χ3v) is 3.97. The minimum Gasteiger partial charge on any atom is -0.444 e. The van der Waals surface area contributed by atoms with E-state index in [1.54, 1.807) is 55.9 Å². The molecule has 156 valence electrons. The van der Waals surface area contributed by atoms with Crippen LogP contribution in [-0.4, -0.2) is 27.4 Å². The fourth-order valence-electron chi connectivity index (χ4n) is 2.63. The number of hydrogen-bond acceptors (Lipinski definition) is 4. The van der Waals surface area contributed by atoms with Crippen LogP contribution in [0.15, 0.2) is 54.9 Å². The van der Waals surface area contributed by atoms with Crippen LogP contribution >= 0.6 is 0 Å². The standard InChI is InChI=1S/C22H23FN4O3/c1-14-12-24-27(13-14)17-8-5-15(6-9-17)20(28)26-19-11-16(7-10-18(19)23)25-21(29)30-22(2,3)4/h5-13H,1-4H3,(H,25,29)(H,26,28). The van der Waals surface area contributed by atoms with Crippen LogP contribution in [-0.2, 0) is 4.74 Å². The van der Waals surface area contributed by atoms with E-state index >= 15 is 0 Å². The van der Waals surface area contributed by atoms with E-state index < -0.39 is 23.4 Å². The fraction of sp³-hybridized carbons (Fsp3) is 0.227. The number of nitrogens with zero attached hydrogens (tertiary/aromatic N) is 2. The first-order valence-corrected chi connectivity index (χ1v) is 9.33. The van der Waals surface area contributed by atoms with Gasteiger partial charge in [-0.15, -0.1) is 0 Å². The summed E-state index contributed by atoms with van der Waals surface area (Å²) in [7, 11) is 0. The molecule has 0 spiro atoms. The molecule has 0 bridgehead atoms. The summed E-state index contributed by atoms with van der Waals surface area (Å²) >= 11 is 0. The Kier molecular flexibility index (Phi) is 5.86. The number of nitrogens with one attached hydrogen (secondary N) is 2. The van der Waals surface area contributed by atoms with Gasteiger partial charge >= 0.3 is 6.09 Å². The molecule has 0 fully saturated rings. The molecule has 0 saturated heterocycles. The summed E-state index contributed by atoms with van der Waals surface area (Å²) in [6.07, 6.45) is 2.94. The molecule has 0 aliphatic carbocycles. The van der Waals surface area contributed by atoms with Gasteiger partial charge in [0.1, 0.15) is 11.4 Å². The highest BCUT2D eigenvalue weighted by molar-refractivity contribution is 6.04. The number of hydrogen-bond donors (Lipinski definition) is 2. The predicted molar refractivity (Wildman–Crippen MR) is 113 cm³/mol. The van der Waals surface area contributed by atoms with Crippen LogP contribution in [0.25, 0.3) is 5.69 Å². The molecule has 3 rings (SSSR count). The molecule has 0 atom stereocenters. The van der Waals surface area contributed by atoms with Crippen molar-refractivity contribution in [3.8, 4) is 5.69 Å². The van der Waals surface area contributed by atoms with Crippen LogP contribution in [0.4, 0.5) is 20.6 Å². The summed E-state index contributed by atoms with van der Waals surface area (Å²) in [5.74, 6) is -1.10. The second kappa shape index (κ2) is 8.36. The van der Waals surface area contributed by atoms with Gasteiger partial charge in [0.15, 0.2) is 0 Å². The average molecular weight is 410 g/mol. The number of rotatable bonds is 4. The van der Waals surface area contributed by atoms with Crippen molar-refractivity contribution < 1.29 is 18.7 Å². The zero-order chi connectivity index (χ0) is 21.9. The second-order valence-corrected chi connectivity index (χ2v) is 7.78. The first-order valence-electron chi connectivity index (χ1n) is 9.33. The molecule has 3 aromatic rings. The summed E-state index contributed by atoms with van der Waals surface area (Å²) in [5, 5.41) is 9.26. The maximum atomic E-state index is 14.2. The molecule has 0 aliphatic rings. The van der Waals surface area contributed by atoms with Gasteiger partial charge in [-0.1, -0.05) is 0 Å². The van der Waals surface area contributed by atoms with Crippen LogP contribution in [0, 0.1) is 12.7 Å². The SMILES string of the molecule is Cc1cnn(-c2ccc(C(=O)Nc3cc(NC(=O)OC(C)(C)C)ccc3F)cc2)c1. The summed E-state index contributed by atoms with van der Waals surface area (Å²) in [4.78, 5) is 24.4. The van der Waals surface area contributed by atoms with Crippen molar-refractivity contribution >= 4 is 23.4 Å². The van der Waals surface area contributed by atoms with Gasteiger partial charge in [-0.25, -0.2) is 13.9 Å². The van der Waals surface area contributed by atoms with Crippen LogP contribution < -0.4 is 10.6 Å². The molecule has 0 unspecified atom stereocenters. The van der Waals surface area contributed by atoms with Crippen LogP contribution in [0.5, 0.6) is 0 Å². The Bertz CT molecular complexity index is 1070. The van der Waals surface area contributed by atoms with Crippen molar-refractivity contribution in [1.82, 2.24) is 9.78 Å². The van der Waals surface area contributed by atoms with E-state index in [2.05, 4.69) is 15.7 Å². The molecule has 2 amide bonds. The van der Waals surface area contributed by atoms with Gasteiger partial charge in [-0.2, -0.15) is 5.10 Å². The number of carbonyl (C=O) groups is 2. The molecule has 0 radical (unpaired) electrons. The molecule has 8 heteroatoms. The maximum absolute atomic E-state index is 14.2. The van der Waals surface area contributed by atoms with Crippen molar-refractivity contribution in [2.75, 3.05) is 10.6 Å². The lowest BCUT2D eigenvalue weighted by Crippen LogP contribution is -2.27. The van der Waals surface area contributed by atoms with Crippen LogP contribution in [0.2, 0.25) is 0 Å². The highest BCUT2D eigenvalue weighted by Crippen LogP contribution is 2.21. The molecule has 2 N–H and O–H groups in total. The van der Waals surface area contributed by atoms with Gasteiger partial charge in [-0.05, 0) is 75.7 Å². The summed E-state index contributed by atoms with van der Waals surface area (Å²) in [5.41, 5.74) is 1.75. The molecule has 30 heavy (non-hydrogen) atoms. The number of aryl methyl sites for hydroxylation is 1. The van der Waals surface area contributed by atoms with Crippen molar-refractivity contribution in [2.45, 2.75) is 33.3 Å². The molecular weight excluding hydrogens is 387 g/mol. The predicted octanol–water partition coefficient (Wildman–Crippen LogP) is 4.92. The van der Waals surface area contributed by atoms with Gasteiger partial charge in [-0.3, -0.25) is 10.1 Å². The molecular formula is C22H23FN4O3. The van der Waals surface area contributed by atoms with Gasteiger partial charge in [0.2, 0.25) is 0 Å². The normalized spacial score (nSPS) is 11.1. The number of halogens is 1. The Morgan fingerprint density at radius 1 is 1.07 bits per heavy atom. The minimum atomic E-state index is -0.671. The highest BCUT2D eigenvalue weighted by atomic mass is 19.1. The number of carbonyl (C=O) groups excluding carboxylic acids is 2. The van der Waals surface area contributed by atoms with E-state index in [0.29, 0.717) is 11.3 Å².